The summed E-state index contributed by atoms with van der Waals surface area (Å²) in [5.74, 6) is 1.70. The second-order valence-corrected chi connectivity index (χ2v) is 4.98. The second-order valence-electron chi connectivity index (χ2n) is 4.16. The van der Waals surface area contributed by atoms with Gasteiger partial charge < -0.3 is 5.32 Å². The normalized spacial score (nSPS) is 12.5. The van der Waals surface area contributed by atoms with Crippen molar-refractivity contribution in [2.45, 2.75) is 52.5 Å². The first kappa shape index (κ1) is 13.4. The summed E-state index contributed by atoms with van der Waals surface area (Å²) in [6.45, 7) is 6.32. The summed E-state index contributed by atoms with van der Waals surface area (Å²) in [4.78, 5) is 8.53. The van der Waals surface area contributed by atoms with Crippen molar-refractivity contribution in [2.24, 2.45) is 0 Å². The largest absolute Gasteiger partial charge is 0.367 e. The molecular weight excluding hydrogens is 266 g/mol. The number of anilines is 1. The Morgan fingerprint density at radius 3 is 2.75 bits per heavy atom. The molecular formula is C12H20BrN3. The van der Waals surface area contributed by atoms with Gasteiger partial charge in [-0.3, -0.25) is 0 Å². The van der Waals surface area contributed by atoms with Crippen molar-refractivity contribution in [3.63, 3.8) is 0 Å². The lowest BCUT2D eigenvalue weighted by molar-refractivity contribution is 0.613. The maximum absolute atomic E-state index is 4.35. The number of nitrogens with zero attached hydrogens (tertiary/aromatic N) is 2. The van der Waals surface area contributed by atoms with Gasteiger partial charge in [0.25, 0.3) is 0 Å². The molecule has 0 aliphatic heterocycles. The molecule has 1 atom stereocenters. The summed E-state index contributed by atoms with van der Waals surface area (Å²) in [5.41, 5.74) is 0. The number of nitrogens with one attached hydrogen (secondary N) is 1. The fraction of sp³-hybridized carbons (Fsp3) is 0.667. The van der Waals surface area contributed by atoms with E-state index in [0.29, 0.717) is 6.04 Å². The standard InChI is InChI=1S/C12H20BrN3/c1-4-5-6-7-9(2)14-12-8-11(13)15-10(3)16-12/h8-9H,4-7H2,1-3H3,(H,14,15,16). The molecule has 0 aromatic carbocycles. The van der Waals surface area contributed by atoms with Gasteiger partial charge in [-0.2, -0.15) is 0 Å². The molecule has 1 aromatic rings. The van der Waals surface area contributed by atoms with Crippen LogP contribution in [0.4, 0.5) is 5.82 Å². The quantitative estimate of drug-likeness (QED) is 0.636. The monoisotopic (exact) mass is 285 g/mol. The van der Waals surface area contributed by atoms with E-state index in [2.05, 4.69) is 45.1 Å². The van der Waals surface area contributed by atoms with Gasteiger partial charge in [0.15, 0.2) is 0 Å². The molecule has 0 amide bonds. The van der Waals surface area contributed by atoms with E-state index >= 15 is 0 Å². The summed E-state index contributed by atoms with van der Waals surface area (Å²) >= 11 is 3.38. The number of unbranched alkanes of at least 4 members (excludes halogenated alkanes) is 2. The highest BCUT2D eigenvalue weighted by molar-refractivity contribution is 9.10. The number of rotatable bonds is 6. The third kappa shape index (κ3) is 4.92. The van der Waals surface area contributed by atoms with Crippen LogP contribution in [-0.4, -0.2) is 16.0 Å². The first-order chi connectivity index (χ1) is 7.61. The van der Waals surface area contributed by atoms with Crippen LogP contribution in [0.15, 0.2) is 10.7 Å². The van der Waals surface area contributed by atoms with Crippen molar-refractivity contribution in [3.8, 4) is 0 Å². The average Bonchev–Trinajstić information content (AvgIpc) is 2.16. The zero-order valence-electron chi connectivity index (χ0n) is 10.3. The van der Waals surface area contributed by atoms with Crippen molar-refractivity contribution >= 4 is 21.7 Å². The molecule has 16 heavy (non-hydrogen) atoms. The Balaban J connectivity index is 2.45. The molecule has 0 aliphatic carbocycles. The predicted octanol–water partition coefficient (Wildman–Crippen LogP) is 3.93. The number of hydrogen-bond acceptors (Lipinski definition) is 3. The lowest BCUT2D eigenvalue weighted by atomic mass is 10.1. The molecule has 4 heteroatoms. The molecule has 0 spiro atoms. The Labute approximate surface area is 106 Å². The van der Waals surface area contributed by atoms with Crippen molar-refractivity contribution in [1.82, 2.24) is 9.97 Å². The van der Waals surface area contributed by atoms with Crippen LogP contribution in [0.5, 0.6) is 0 Å². The van der Waals surface area contributed by atoms with Crippen molar-refractivity contribution in [2.75, 3.05) is 5.32 Å². The summed E-state index contributed by atoms with van der Waals surface area (Å²) in [7, 11) is 0. The maximum atomic E-state index is 4.35. The molecule has 0 fully saturated rings. The van der Waals surface area contributed by atoms with Crippen molar-refractivity contribution < 1.29 is 0 Å². The third-order valence-corrected chi connectivity index (χ3v) is 2.85. The fourth-order valence-electron chi connectivity index (χ4n) is 1.63. The Kier molecular flexibility index (Phi) is 5.74. The SMILES string of the molecule is CCCCCC(C)Nc1cc(Br)nc(C)n1. The van der Waals surface area contributed by atoms with Crippen LogP contribution < -0.4 is 5.32 Å². The Bertz CT molecular complexity index is 308. The van der Waals surface area contributed by atoms with Crippen molar-refractivity contribution in [3.05, 3.63) is 16.5 Å². The van der Waals surface area contributed by atoms with Gasteiger partial charge >= 0.3 is 0 Å². The molecule has 0 saturated heterocycles. The zero-order valence-corrected chi connectivity index (χ0v) is 11.8. The van der Waals surface area contributed by atoms with Crippen LogP contribution in [0.3, 0.4) is 0 Å². The van der Waals surface area contributed by atoms with Crippen LogP contribution in [-0.2, 0) is 0 Å². The molecule has 1 heterocycles. The summed E-state index contributed by atoms with van der Waals surface area (Å²) < 4.78 is 0.836. The van der Waals surface area contributed by atoms with E-state index in [9.17, 15) is 0 Å². The number of halogens is 1. The van der Waals surface area contributed by atoms with E-state index in [1.807, 2.05) is 13.0 Å². The first-order valence-electron chi connectivity index (χ1n) is 5.89. The lowest BCUT2D eigenvalue weighted by Crippen LogP contribution is -2.16. The Morgan fingerprint density at radius 2 is 2.12 bits per heavy atom. The van der Waals surface area contributed by atoms with Gasteiger partial charge in [0.2, 0.25) is 0 Å². The van der Waals surface area contributed by atoms with Gasteiger partial charge in [-0.1, -0.05) is 26.2 Å². The van der Waals surface area contributed by atoms with Gasteiger partial charge in [0, 0.05) is 12.1 Å². The minimum atomic E-state index is 0.466. The van der Waals surface area contributed by atoms with Gasteiger partial charge in [0.1, 0.15) is 16.2 Å². The predicted molar refractivity (Wildman–Crippen MR) is 71.7 cm³/mol. The summed E-state index contributed by atoms with van der Waals surface area (Å²) in [5, 5.41) is 3.40. The summed E-state index contributed by atoms with van der Waals surface area (Å²) in [6.07, 6.45) is 5.04. The van der Waals surface area contributed by atoms with E-state index in [4.69, 9.17) is 0 Å². The molecule has 1 N–H and O–H groups in total. The number of aryl methyl sites for hydroxylation is 1. The van der Waals surface area contributed by atoms with E-state index < -0.39 is 0 Å². The van der Waals surface area contributed by atoms with Crippen molar-refractivity contribution in [1.29, 1.82) is 0 Å². The van der Waals surface area contributed by atoms with Gasteiger partial charge in [0.05, 0.1) is 0 Å². The average molecular weight is 286 g/mol. The van der Waals surface area contributed by atoms with E-state index in [-0.39, 0.29) is 0 Å². The molecule has 1 aromatic heterocycles. The van der Waals surface area contributed by atoms with Crippen LogP contribution in [0.2, 0.25) is 0 Å². The highest BCUT2D eigenvalue weighted by Crippen LogP contribution is 2.14. The first-order valence-corrected chi connectivity index (χ1v) is 6.69. The smallest absolute Gasteiger partial charge is 0.131 e. The molecule has 3 nitrogen and oxygen atoms in total. The highest BCUT2D eigenvalue weighted by atomic mass is 79.9. The molecule has 1 unspecified atom stereocenters. The fourth-order valence-corrected chi connectivity index (χ4v) is 2.10. The van der Waals surface area contributed by atoms with Crippen LogP contribution in [0, 0.1) is 6.92 Å². The van der Waals surface area contributed by atoms with Gasteiger partial charge in [-0.15, -0.1) is 0 Å². The third-order valence-electron chi connectivity index (χ3n) is 2.44. The van der Waals surface area contributed by atoms with E-state index in [1.165, 1.54) is 25.7 Å². The number of aromatic nitrogens is 2. The molecule has 90 valence electrons. The van der Waals surface area contributed by atoms with E-state index in [1.54, 1.807) is 0 Å². The topological polar surface area (TPSA) is 37.8 Å². The Hall–Kier alpha value is -0.640. The minimum absolute atomic E-state index is 0.466. The molecule has 0 saturated carbocycles. The molecule has 0 bridgehead atoms. The molecule has 1 rings (SSSR count). The lowest BCUT2D eigenvalue weighted by Gasteiger charge is -2.14. The second kappa shape index (κ2) is 6.84. The highest BCUT2D eigenvalue weighted by Gasteiger charge is 2.04. The number of hydrogen-bond donors (Lipinski definition) is 1. The van der Waals surface area contributed by atoms with Gasteiger partial charge in [-0.05, 0) is 36.2 Å². The van der Waals surface area contributed by atoms with Crippen LogP contribution in [0.1, 0.15) is 45.4 Å². The van der Waals surface area contributed by atoms with Crippen LogP contribution >= 0.6 is 15.9 Å². The van der Waals surface area contributed by atoms with Crippen LogP contribution in [0.25, 0.3) is 0 Å². The van der Waals surface area contributed by atoms with E-state index in [0.717, 1.165) is 16.2 Å². The minimum Gasteiger partial charge on any atom is -0.367 e. The molecule has 0 aliphatic rings. The summed E-state index contributed by atoms with van der Waals surface area (Å²) in [6, 6.07) is 2.39. The molecule has 0 radical (unpaired) electrons. The zero-order chi connectivity index (χ0) is 12.0. The van der Waals surface area contributed by atoms with Gasteiger partial charge in [-0.25, -0.2) is 9.97 Å². The Morgan fingerprint density at radius 1 is 1.38 bits per heavy atom. The maximum Gasteiger partial charge on any atom is 0.131 e.